The Morgan fingerprint density at radius 1 is 1.21 bits per heavy atom. The Morgan fingerprint density at radius 3 is 2.33 bits per heavy atom. The third kappa shape index (κ3) is 4.23. The Kier molecular flexibility index (Phi) is 5.19. The summed E-state index contributed by atoms with van der Waals surface area (Å²) >= 11 is -2.38. The third-order valence-electron chi connectivity index (χ3n) is 3.31. The maximum absolute atomic E-state index is 13.9. The van der Waals surface area contributed by atoms with Crippen molar-refractivity contribution in [3.8, 4) is 0 Å². The van der Waals surface area contributed by atoms with Gasteiger partial charge < -0.3 is 0 Å². The van der Waals surface area contributed by atoms with Crippen molar-refractivity contribution in [1.29, 1.82) is 0 Å². The molecule has 0 bridgehead atoms. The van der Waals surface area contributed by atoms with Crippen LogP contribution in [0.2, 0.25) is 14.8 Å². The SMILES string of the molecule is [CH3][Sn]([CH3])([CH3])[c]1ccc(S(=O)(=O)Nc2ccc(C(N)=O)cc2F)cn1. The van der Waals surface area contributed by atoms with Crippen LogP contribution >= 0.6 is 0 Å². The number of hydrogen-bond donors (Lipinski definition) is 2. The van der Waals surface area contributed by atoms with Gasteiger partial charge in [-0.15, -0.1) is 0 Å². The van der Waals surface area contributed by atoms with E-state index in [9.17, 15) is 17.6 Å². The number of nitrogens with one attached hydrogen (secondary N) is 1. The summed E-state index contributed by atoms with van der Waals surface area (Å²) in [5.74, 6) is -1.68. The zero-order valence-corrected chi connectivity index (χ0v) is 17.2. The molecule has 0 atom stereocenters. The van der Waals surface area contributed by atoms with E-state index in [-0.39, 0.29) is 16.1 Å². The number of nitrogens with zero attached hydrogens (tertiary/aromatic N) is 1. The van der Waals surface area contributed by atoms with Crippen LogP contribution in [0.1, 0.15) is 10.4 Å². The van der Waals surface area contributed by atoms with Crippen molar-refractivity contribution in [2.75, 3.05) is 4.72 Å². The van der Waals surface area contributed by atoms with Crippen molar-refractivity contribution in [1.82, 2.24) is 4.98 Å². The number of sulfonamides is 1. The molecule has 1 aromatic carbocycles. The predicted molar refractivity (Wildman–Crippen MR) is 92.9 cm³/mol. The molecule has 0 saturated heterocycles. The van der Waals surface area contributed by atoms with Crippen molar-refractivity contribution in [3.63, 3.8) is 0 Å². The predicted octanol–water partition coefficient (Wildman–Crippen LogP) is 1.67. The molecule has 24 heavy (non-hydrogen) atoms. The summed E-state index contributed by atoms with van der Waals surface area (Å²) in [4.78, 5) is 21.7. The Labute approximate surface area is 144 Å². The molecule has 1 amide bonds. The van der Waals surface area contributed by atoms with Crippen molar-refractivity contribution < 1.29 is 17.6 Å². The molecule has 0 radical (unpaired) electrons. The van der Waals surface area contributed by atoms with Crippen LogP contribution in [-0.2, 0) is 10.0 Å². The minimum absolute atomic E-state index is 0.0425. The number of benzene rings is 1. The van der Waals surface area contributed by atoms with Crippen molar-refractivity contribution in [2.45, 2.75) is 19.7 Å². The van der Waals surface area contributed by atoms with Gasteiger partial charge in [0.15, 0.2) is 0 Å². The Hall–Kier alpha value is -1.68. The summed E-state index contributed by atoms with van der Waals surface area (Å²) < 4.78 is 41.7. The van der Waals surface area contributed by atoms with Crippen LogP contribution < -0.4 is 14.2 Å². The number of amides is 1. The second-order valence-corrected chi connectivity index (χ2v) is 22.3. The van der Waals surface area contributed by atoms with Gasteiger partial charge in [-0.1, -0.05) is 0 Å². The van der Waals surface area contributed by atoms with Crippen molar-refractivity contribution >= 4 is 43.7 Å². The molecular formula is C15H18FN3O3SSn. The van der Waals surface area contributed by atoms with Crippen LogP contribution in [0, 0.1) is 5.82 Å². The Balaban J connectivity index is 2.30. The van der Waals surface area contributed by atoms with Gasteiger partial charge in [-0.3, -0.25) is 0 Å². The molecule has 1 heterocycles. The number of carbonyl (C=O) groups excluding carboxylic acids is 1. The molecule has 128 valence electrons. The molecule has 0 aliphatic heterocycles. The van der Waals surface area contributed by atoms with Gasteiger partial charge >= 0.3 is 144 Å². The van der Waals surface area contributed by atoms with E-state index in [2.05, 4.69) is 24.5 Å². The number of nitrogens with two attached hydrogens (primary N) is 1. The number of anilines is 1. The summed E-state index contributed by atoms with van der Waals surface area (Å²) in [6.07, 6.45) is 1.27. The maximum atomic E-state index is 13.9. The average molecular weight is 458 g/mol. The van der Waals surface area contributed by atoms with Crippen LogP contribution in [-0.4, -0.2) is 37.7 Å². The zero-order chi connectivity index (χ0) is 18.1. The first kappa shape index (κ1) is 18.7. The Morgan fingerprint density at radius 2 is 1.88 bits per heavy atom. The van der Waals surface area contributed by atoms with Gasteiger partial charge in [0, 0.05) is 0 Å². The fourth-order valence-corrected chi connectivity index (χ4v) is 5.90. The molecule has 0 aliphatic carbocycles. The molecule has 2 aromatic rings. The summed E-state index contributed by atoms with van der Waals surface area (Å²) in [6, 6.07) is 6.45. The number of primary amides is 1. The fourth-order valence-electron chi connectivity index (χ4n) is 1.94. The molecule has 6 nitrogen and oxygen atoms in total. The molecule has 2 rings (SSSR count). The van der Waals surface area contributed by atoms with Gasteiger partial charge in [0.05, 0.1) is 0 Å². The van der Waals surface area contributed by atoms with E-state index < -0.39 is 40.1 Å². The molecular weight excluding hydrogens is 440 g/mol. The first-order valence-corrected chi connectivity index (χ1v) is 18.6. The van der Waals surface area contributed by atoms with E-state index in [1.807, 2.05) is 0 Å². The summed E-state index contributed by atoms with van der Waals surface area (Å²) in [6.45, 7) is 0. The summed E-state index contributed by atoms with van der Waals surface area (Å²) in [7, 11) is -3.98. The second-order valence-electron chi connectivity index (χ2n) is 6.29. The quantitative estimate of drug-likeness (QED) is 0.666. The number of rotatable bonds is 5. The molecule has 0 spiro atoms. The van der Waals surface area contributed by atoms with E-state index in [4.69, 9.17) is 5.73 Å². The normalized spacial score (nSPS) is 12.0. The molecule has 0 saturated carbocycles. The van der Waals surface area contributed by atoms with Crippen LogP contribution in [0.3, 0.4) is 0 Å². The topological polar surface area (TPSA) is 102 Å². The Bertz CT molecular complexity index is 878. The molecule has 3 N–H and O–H groups in total. The van der Waals surface area contributed by atoms with Crippen molar-refractivity contribution in [3.05, 3.63) is 47.9 Å². The van der Waals surface area contributed by atoms with Gasteiger partial charge in [0.1, 0.15) is 0 Å². The molecule has 0 unspecified atom stereocenters. The fraction of sp³-hybridized carbons (Fsp3) is 0.200. The van der Waals surface area contributed by atoms with E-state index in [0.717, 1.165) is 15.8 Å². The van der Waals surface area contributed by atoms with Gasteiger partial charge in [-0.2, -0.15) is 0 Å². The minimum atomic E-state index is -3.98. The molecule has 9 heteroatoms. The summed E-state index contributed by atoms with van der Waals surface area (Å²) in [5, 5.41) is 0. The number of pyridine rings is 1. The number of halogens is 1. The van der Waals surface area contributed by atoms with Crippen LogP contribution in [0.15, 0.2) is 41.4 Å². The van der Waals surface area contributed by atoms with Crippen molar-refractivity contribution in [2.24, 2.45) is 5.73 Å². The molecule has 1 aromatic heterocycles. The van der Waals surface area contributed by atoms with Gasteiger partial charge in [0.25, 0.3) is 0 Å². The van der Waals surface area contributed by atoms with Gasteiger partial charge in [0.2, 0.25) is 0 Å². The number of aromatic nitrogens is 1. The van der Waals surface area contributed by atoms with Crippen LogP contribution in [0.25, 0.3) is 0 Å². The van der Waals surface area contributed by atoms with Crippen LogP contribution in [0.4, 0.5) is 10.1 Å². The first-order valence-electron chi connectivity index (χ1n) is 7.09. The monoisotopic (exact) mass is 459 g/mol. The number of carbonyl (C=O) groups is 1. The molecule has 0 aliphatic rings. The molecule has 0 fully saturated rings. The second kappa shape index (κ2) is 6.67. The van der Waals surface area contributed by atoms with Crippen LogP contribution in [0.5, 0.6) is 0 Å². The number of hydrogen-bond acceptors (Lipinski definition) is 4. The van der Waals surface area contributed by atoms with Gasteiger partial charge in [-0.05, 0) is 0 Å². The van der Waals surface area contributed by atoms with Gasteiger partial charge in [-0.25, -0.2) is 0 Å². The summed E-state index contributed by atoms with van der Waals surface area (Å²) in [5.41, 5.74) is 4.75. The third-order valence-corrected chi connectivity index (χ3v) is 9.89. The van der Waals surface area contributed by atoms with E-state index in [1.165, 1.54) is 18.3 Å². The standard InChI is InChI=1S/C12H9FN3O3S.3CH3.Sn/c13-10-6-8(12(14)17)3-4-11(10)16-20(18,19)9-2-1-5-15-7-9;;;;/h1-4,6-7,16H,(H2,14,17);3*1H3;. The zero-order valence-electron chi connectivity index (χ0n) is 13.5. The van der Waals surface area contributed by atoms with E-state index in [0.29, 0.717) is 0 Å². The first-order chi connectivity index (χ1) is 11.0. The van der Waals surface area contributed by atoms with E-state index in [1.54, 1.807) is 6.07 Å². The average Bonchev–Trinajstić information content (AvgIpc) is 2.48. The van der Waals surface area contributed by atoms with E-state index >= 15 is 0 Å².